The van der Waals surface area contributed by atoms with Gasteiger partial charge in [-0.05, 0) is 0 Å². The molecule has 0 saturated carbocycles. The Kier molecular flexibility index (Phi) is 7.66. The summed E-state index contributed by atoms with van der Waals surface area (Å²) in [5.41, 5.74) is 3.53. The first-order valence-corrected chi connectivity index (χ1v) is 13.1. The first kappa shape index (κ1) is 20.7. The molecule has 0 aromatic heterocycles. The number of halogens is 2. The molecule has 0 aromatic rings. The van der Waals surface area contributed by atoms with Gasteiger partial charge in [0.15, 0.2) is 0 Å². The molecular weight excluding hydrogens is 406 g/mol. The molecule has 0 unspecified atom stereocenters. The summed E-state index contributed by atoms with van der Waals surface area (Å²) in [4.78, 5) is 0. The van der Waals surface area contributed by atoms with Gasteiger partial charge in [-0.1, -0.05) is 0 Å². The van der Waals surface area contributed by atoms with Crippen molar-refractivity contribution in [2.45, 2.75) is 65.5 Å². The van der Waals surface area contributed by atoms with Crippen molar-refractivity contribution in [2.24, 2.45) is 0 Å². The minimum Gasteiger partial charge on any atom is -1.00 e. The standard InChI is InChI=1S/C18H26Si.2ClH.Zr/c1-5-13-19(14-6-2,17-11-7-9-15(17)3)18-12-8-10-16(18)4;;;/h11-12H,5-8,13-14H2,1-4H3;2*1H;/q;;;+2/p-2. The monoisotopic (exact) mass is 430 g/mol. The van der Waals surface area contributed by atoms with Crippen LogP contribution in [0.4, 0.5) is 0 Å². The minimum atomic E-state index is -1.43. The molecule has 0 radical (unpaired) electrons. The molecular formula is C18H26Cl2SiZr. The maximum atomic E-state index is 2.67. The smallest absolute Gasteiger partial charge is 1.00 e. The zero-order valence-corrected chi connectivity index (χ0v) is 19.1. The maximum Gasteiger partial charge on any atom is -1.00 e. The van der Waals surface area contributed by atoms with Crippen LogP contribution < -0.4 is 24.8 Å². The first-order valence-electron chi connectivity index (χ1n) is 8.22. The van der Waals surface area contributed by atoms with E-state index >= 15 is 0 Å². The Bertz CT molecular complexity index is 520. The van der Waals surface area contributed by atoms with Crippen LogP contribution in [0.15, 0.2) is 40.3 Å². The van der Waals surface area contributed by atoms with Gasteiger partial charge in [0.05, 0.1) is 0 Å². The van der Waals surface area contributed by atoms with Crippen LogP contribution in [0.2, 0.25) is 12.1 Å². The van der Waals surface area contributed by atoms with E-state index in [0.29, 0.717) is 0 Å². The van der Waals surface area contributed by atoms with Crippen molar-refractivity contribution in [1.82, 2.24) is 0 Å². The van der Waals surface area contributed by atoms with Gasteiger partial charge in [-0.3, -0.25) is 0 Å². The van der Waals surface area contributed by atoms with Crippen molar-refractivity contribution in [3.05, 3.63) is 40.3 Å². The van der Waals surface area contributed by atoms with Crippen LogP contribution >= 0.6 is 0 Å². The molecule has 0 N–H and O–H groups in total. The summed E-state index contributed by atoms with van der Waals surface area (Å²) in [5, 5.41) is 3.73. The quantitative estimate of drug-likeness (QED) is 0.533. The van der Waals surface area contributed by atoms with Crippen LogP contribution in [-0.2, 0) is 23.2 Å². The molecule has 4 heteroatoms. The normalized spacial score (nSPS) is 20.9. The second kappa shape index (κ2) is 8.15. The van der Waals surface area contributed by atoms with E-state index in [0.717, 1.165) is 0 Å². The molecule has 0 saturated heterocycles. The van der Waals surface area contributed by atoms with Gasteiger partial charge < -0.3 is 24.8 Å². The first-order chi connectivity index (χ1) is 9.64. The van der Waals surface area contributed by atoms with Crippen molar-refractivity contribution in [1.29, 1.82) is 0 Å². The van der Waals surface area contributed by atoms with E-state index in [-0.39, 0.29) is 24.8 Å². The Balaban J connectivity index is 0.00000121. The number of hydrogen-bond donors (Lipinski definition) is 0. The topological polar surface area (TPSA) is 0 Å². The van der Waals surface area contributed by atoms with E-state index < -0.39 is 31.3 Å². The van der Waals surface area contributed by atoms with Crippen molar-refractivity contribution in [3.63, 3.8) is 0 Å². The third kappa shape index (κ3) is 3.10. The average Bonchev–Trinajstić information content (AvgIpc) is 2.98. The van der Waals surface area contributed by atoms with Gasteiger partial charge >= 0.3 is 137 Å². The van der Waals surface area contributed by atoms with Crippen molar-refractivity contribution < 1.29 is 48.0 Å². The van der Waals surface area contributed by atoms with E-state index in [1.807, 2.05) is 17.0 Å². The summed E-state index contributed by atoms with van der Waals surface area (Å²) < 4.78 is 3.80. The molecule has 0 aromatic carbocycles. The van der Waals surface area contributed by atoms with E-state index in [1.165, 1.54) is 37.8 Å². The molecule has 0 spiro atoms. The van der Waals surface area contributed by atoms with E-state index in [2.05, 4.69) is 39.8 Å². The van der Waals surface area contributed by atoms with Gasteiger partial charge in [-0.2, -0.15) is 0 Å². The van der Waals surface area contributed by atoms with Gasteiger partial charge in [0.1, 0.15) is 0 Å². The number of hydrogen-bond acceptors (Lipinski definition) is 0. The van der Waals surface area contributed by atoms with E-state index in [9.17, 15) is 0 Å². The zero-order chi connectivity index (χ0) is 14.3. The summed E-state index contributed by atoms with van der Waals surface area (Å²) >= 11 is -0.441. The molecule has 120 valence electrons. The van der Waals surface area contributed by atoms with Crippen LogP contribution in [0.3, 0.4) is 0 Å². The number of rotatable bonds is 4. The summed E-state index contributed by atoms with van der Waals surface area (Å²) in [6.45, 7) is 9.71. The molecule has 1 heterocycles. The second-order valence-electron chi connectivity index (χ2n) is 6.56. The molecule has 0 nitrogen and oxygen atoms in total. The zero-order valence-electron chi connectivity index (χ0n) is 14.2. The van der Waals surface area contributed by atoms with E-state index in [1.54, 1.807) is 11.1 Å². The average molecular weight is 433 g/mol. The number of fused-ring (bicyclic) bond motifs is 2. The van der Waals surface area contributed by atoms with Crippen molar-refractivity contribution in [3.8, 4) is 0 Å². The summed E-state index contributed by atoms with van der Waals surface area (Å²) in [6.07, 6.45) is 10.7. The second-order valence-corrected chi connectivity index (χ2v) is 14.4. The number of allylic oxidation sites excluding steroid dienone is 8. The Hall–Kier alpha value is 0.640. The van der Waals surface area contributed by atoms with Gasteiger partial charge in [-0.25, -0.2) is 0 Å². The largest absolute Gasteiger partial charge is 1.00 e. The molecule has 3 aliphatic rings. The van der Waals surface area contributed by atoms with Gasteiger partial charge in [0.2, 0.25) is 0 Å². The van der Waals surface area contributed by atoms with Crippen LogP contribution in [0.25, 0.3) is 0 Å². The predicted molar refractivity (Wildman–Crippen MR) is 86.8 cm³/mol. The minimum absolute atomic E-state index is 0. The van der Waals surface area contributed by atoms with E-state index in [4.69, 9.17) is 0 Å². The van der Waals surface area contributed by atoms with Crippen LogP contribution in [-0.4, -0.2) is 8.07 Å². The fourth-order valence-corrected chi connectivity index (χ4v) is 14.7. The molecule has 0 amide bonds. The molecule has 0 atom stereocenters. The summed E-state index contributed by atoms with van der Waals surface area (Å²) in [5.74, 6) is 0. The Morgan fingerprint density at radius 1 is 0.864 bits per heavy atom. The predicted octanol–water partition coefficient (Wildman–Crippen LogP) is -0.354. The molecule has 4 bridgehead atoms. The van der Waals surface area contributed by atoms with Crippen LogP contribution in [0.5, 0.6) is 0 Å². The third-order valence-corrected chi connectivity index (χ3v) is 15.7. The molecule has 3 rings (SSSR count). The van der Waals surface area contributed by atoms with Crippen molar-refractivity contribution in [2.75, 3.05) is 0 Å². The third-order valence-electron chi connectivity index (χ3n) is 5.42. The fraction of sp³-hybridized carbons (Fsp3) is 0.556. The summed E-state index contributed by atoms with van der Waals surface area (Å²) in [6, 6.07) is 2.94. The van der Waals surface area contributed by atoms with Crippen molar-refractivity contribution >= 4 is 8.07 Å². The van der Waals surface area contributed by atoms with Crippen LogP contribution in [0, 0.1) is 0 Å². The molecule has 0 fully saturated rings. The van der Waals surface area contributed by atoms with Gasteiger partial charge in [0.25, 0.3) is 0 Å². The van der Waals surface area contributed by atoms with Crippen LogP contribution in [0.1, 0.15) is 53.4 Å². The maximum absolute atomic E-state index is 2.67. The SMILES string of the molecule is CCC[Si]1(CCC)C2=CC[C](=C2C)[Zr+2][C]2=C(C)C1=CC2.[Cl-].[Cl-]. The molecule has 2 aliphatic carbocycles. The molecule has 22 heavy (non-hydrogen) atoms. The molecule has 1 aliphatic heterocycles. The summed E-state index contributed by atoms with van der Waals surface area (Å²) in [7, 11) is -1.43. The Labute approximate surface area is 161 Å². The fourth-order valence-electron chi connectivity index (χ4n) is 4.59. The Morgan fingerprint density at radius 3 is 1.64 bits per heavy atom. The van der Waals surface area contributed by atoms with Gasteiger partial charge in [0, 0.05) is 0 Å². The Morgan fingerprint density at radius 2 is 1.27 bits per heavy atom. The van der Waals surface area contributed by atoms with Gasteiger partial charge in [-0.15, -0.1) is 0 Å².